The molecule has 0 aliphatic carbocycles. The van der Waals surface area contributed by atoms with Gasteiger partial charge in [0.05, 0.1) is 31.5 Å². The molecule has 110 valence electrons. The van der Waals surface area contributed by atoms with Gasteiger partial charge in [0, 0.05) is 7.05 Å². The Kier molecular flexibility index (Phi) is 4.17. The molecule has 0 saturated carbocycles. The summed E-state index contributed by atoms with van der Waals surface area (Å²) in [6.45, 7) is 0. The number of hydrogen-bond donors (Lipinski definition) is 1. The number of esters is 2. The molecule has 1 N–H and O–H groups in total. The Bertz CT molecular complexity index is 720. The maximum Gasteiger partial charge on any atom is 0.354 e. The highest BCUT2D eigenvalue weighted by molar-refractivity contribution is 6.00. The number of anilines is 1. The quantitative estimate of drug-likeness (QED) is 0.651. The molecular formula is C13H14N4O4. The first-order valence-corrected chi connectivity index (χ1v) is 6.00. The number of aromatic nitrogens is 3. The third-order valence-electron chi connectivity index (χ3n) is 2.78. The summed E-state index contributed by atoms with van der Waals surface area (Å²) in [5.74, 6) is -1.37. The summed E-state index contributed by atoms with van der Waals surface area (Å²) in [5.41, 5.74) is 1.82. The molecule has 0 aliphatic heterocycles. The van der Waals surface area contributed by atoms with Crippen LogP contribution in [0.2, 0.25) is 0 Å². The third kappa shape index (κ3) is 2.99. The van der Waals surface area contributed by atoms with Gasteiger partial charge in [0.25, 0.3) is 0 Å². The first-order valence-electron chi connectivity index (χ1n) is 6.00. The number of hydrogen-bond acceptors (Lipinski definition) is 7. The highest BCUT2D eigenvalue weighted by Crippen LogP contribution is 2.21. The summed E-state index contributed by atoms with van der Waals surface area (Å²) in [6, 6.07) is 5.33. The van der Waals surface area contributed by atoms with Crippen molar-refractivity contribution in [3.63, 3.8) is 0 Å². The Morgan fingerprint density at radius 1 is 1.29 bits per heavy atom. The summed E-state index contributed by atoms with van der Waals surface area (Å²) in [7, 11) is 4.19. The Balaban J connectivity index is 2.41. The number of carbonyl (C=O) groups is 2. The van der Waals surface area contributed by atoms with Gasteiger partial charge in [-0.25, -0.2) is 14.3 Å². The van der Waals surface area contributed by atoms with E-state index in [4.69, 9.17) is 0 Å². The van der Waals surface area contributed by atoms with Gasteiger partial charge in [0.2, 0.25) is 0 Å². The molecule has 0 amide bonds. The van der Waals surface area contributed by atoms with Gasteiger partial charge in [-0.2, -0.15) is 0 Å². The predicted octanol–water partition coefficient (Wildman–Crippen LogP) is 0.610. The van der Waals surface area contributed by atoms with E-state index in [1.54, 1.807) is 23.9 Å². The number of nitrogens with one attached hydrogen (secondary N) is 1. The normalized spacial score (nSPS) is 11.3. The number of nitrogens with zero attached hydrogens (tertiary/aromatic N) is 3. The van der Waals surface area contributed by atoms with E-state index in [-0.39, 0.29) is 5.70 Å². The SMILES string of the molecule is COC(=O)/C=C(/Nc1cccc2c1nnn2C)C(=O)OC. The monoisotopic (exact) mass is 290 g/mol. The lowest BCUT2D eigenvalue weighted by Gasteiger charge is -2.09. The molecule has 0 unspecified atom stereocenters. The zero-order chi connectivity index (χ0) is 15.4. The van der Waals surface area contributed by atoms with E-state index in [2.05, 4.69) is 25.1 Å². The van der Waals surface area contributed by atoms with Crippen LogP contribution in [0, 0.1) is 0 Å². The van der Waals surface area contributed by atoms with Crippen LogP contribution in [0.1, 0.15) is 0 Å². The van der Waals surface area contributed by atoms with Gasteiger partial charge in [-0.3, -0.25) is 0 Å². The zero-order valence-electron chi connectivity index (χ0n) is 11.8. The largest absolute Gasteiger partial charge is 0.466 e. The molecule has 2 rings (SSSR count). The van der Waals surface area contributed by atoms with E-state index in [0.29, 0.717) is 11.2 Å². The molecule has 2 aromatic rings. The molecule has 0 fully saturated rings. The van der Waals surface area contributed by atoms with Crippen molar-refractivity contribution in [1.29, 1.82) is 0 Å². The standard InChI is InChI=1S/C13H14N4O4/c1-17-10-6-4-5-8(12(10)15-16-17)14-9(13(19)21-3)7-11(18)20-2/h4-7,14H,1-3H3/b9-7+. The fourth-order valence-corrected chi connectivity index (χ4v) is 1.74. The number of fused-ring (bicyclic) bond motifs is 1. The average molecular weight is 290 g/mol. The van der Waals surface area contributed by atoms with Crippen molar-refractivity contribution in [1.82, 2.24) is 15.0 Å². The Morgan fingerprint density at radius 3 is 2.71 bits per heavy atom. The van der Waals surface area contributed by atoms with Crippen LogP contribution < -0.4 is 5.32 Å². The van der Waals surface area contributed by atoms with Crippen molar-refractivity contribution in [3.8, 4) is 0 Å². The van der Waals surface area contributed by atoms with E-state index in [1.807, 2.05) is 6.07 Å². The minimum absolute atomic E-state index is 0.0532. The zero-order valence-corrected chi connectivity index (χ0v) is 11.8. The van der Waals surface area contributed by atoms with E-state index in [0.717, 1.165) is 11.6 Å². The van der Waals surface area contributed by atoms with E-state index < -0.39 is 11.9 Å². The second-order valence-corrected chi connectivity index (χ2v) is 4.08. The second-order valence-electron chi connectivity index (χ2n) is 4.08. The fraction of sp³-hybridized carbons (Fsp3) is 0.231. The topological polar surface area (TPSA) is 95.3 Å². The Hall–Kier alpha value is -2.90. The number of methoxy groups -OCH3 is 2. The van der Waals surface area contributed by atoms with Crippen molar-refractivity contribution in [2.45, 2.75) is 0 Å². The number of benzene rings is 1. The molecular weight excluding hydrogens is 276 g/mol. The fourth-order valence-electron chi connectivity index (χ4n) is 1.74. The number of ether oxygens (including phenoxy) is 2. The Morgan fingerprint density at radius 2 is 2.05 bits per heavy atom. The molecule has 0 saturated heterocycles. The lowest BCUT2D eigenvalue weighted by atomic mass is 10.2. The molecule has 0 bridgehead atoms. The van der Waals surface area contributed by atoms with Gasteiger partial charge in [-0.05, 0) is 12.1 Å². The summed E-state index contributed by atoms with van der Waals surface area (Å²) in [5, 5.41) is 10.7. The van der Waals surface area contributed by atoms with Gasteiger partial charge in [-0.15, -0.1) is 5.10 Å². The minimum atomic E-state index is -0.693. The van der Waals surface area contributed by atoms with Gasteiger partial charge in [0.15, 0.2) is 0 Å². The minimum Gasteiger partial charge on any atom is -0.466 e. The van der Waals surface area contributed by atoms with Crippen molar-refractivity contribution >= 4 is 28.7 Å². The molecule has 1 heterocycles. The van der Waals surface area contributed by atoms with Crippen LogP contribution in [-0.4, -0.2) is 41.2 Å². The summed E-state index contributed by atoms with van der Waals surface area (Å²) >= 11 is 0. The number of aryl methyl sites for hydroxylation is 1. The van der Waals surface area contributed by atoms with Gasteiger partial charge in [0.1, 0.15) is 11.2 Å². The lowest BCUT2D eigenvalue weighted by Crippen LogP contribution is -2.15. The number of carbonyl (C=O) groups excluding carboxylic acids is 2. The smallest absolute Gasteiger partial charge is 0.354 e. The van der Waals surface area contributed by atoms with Crippen LogP contribution in [-0.2, 0) is 26.1 Å². The van der Waals surface area contributed by atoms with E-state index in [1.165, 1.54) is 14.2 Å². The highest BCUT2D eigenvalue weighted by Gasteiger charge is 2.15. The van der Waals surface area contributed by atoms with Crippen molar-refractivity contribution in [2.75, 3.05) is 19.5 Å². The van der Waals surface area contributed by atoms with Gasteiger partial charge in [-0.1, -0.05) is 11.3 Å². The first kappa shape index (κ1) is 14.5. The third-order valence-corrected chi connectivity index (χ3v) is 2.78. The van der Waals surface area contributed by atoms with Crippen molar-refractivity contribution in [2.24, 2.45) is 7.05 Å². The van der Waals surface area contributed by atoms with Crippen LogP contribution in [0.3, 0.4) is 0 Å². The molecule has 1 aromatic heterocycles. The van der Waals surface area contributed by atoms with Crippen LogP contribution >= 0.6 is 0 Å². The molecule has 1 aromatic carbocycles. The molecule has 0 spiro atoms. The lowest BCUT2D eigenvalue weighted by molar-refractivity contribution is -0.138. The maximum atomic E-state index is 11.7. The Labute approximate surface area is 120 Å². The van der Waals surface area contributed by atoms with Crippen LogP contribution in [0.4, 0.5) is 5.69 Å². The van der Waals surface area contributed by atoms with Gasteiger partial charge >= 0.3 is 11.9 Å². The highest BCUT2D eigenvalue weighted by atomic mass is 16.5. The second kappa shape index (κ2) is 6.04. The van der Waals surface area contributed by atoms with Gasteiger partial charge < -0.3 is 14.8 Å². The van der Waals surface area contributed by atoms with Crippen LogP contribution in [0.5, 0.6) is 0 Å². The first-order chi connectivity index (χ1) is 10.1. The molecule has 8 nitrogen and oxygen atoms in total. The summed E-state index contributed by atoms with van der Waals surface area (Å²) < 4.78 is 10.7. The van der Waals surface area contributed by atoms with E-state index >= 15 is 0 Å². The molecule has 8 heteroatoms. The molecule has 21 heavy (non-hydrogen) atoms. The van der Waals surface area contributed by atoms with Crippen molar-refractivity contribution < 1.29 is 19.1 Å². The van der Waals surface area contributed by atoms with Crippen LogP contribution in [0.15, 0.2) is 30.0 Å². The summed E-state index contributed by atoms with van der Waals surface area (Å²) in [6.07, 6.45) is 1.01. The van der Waals surface area contributed by atoms with Crippen LogP contribution in [0.25, 0.3) is 11.0 Å². The molecule has 0 radical (unpaired) electrons. The maximum absolute atomic E-state index is 11.7. The average Bonchev–Trinajstić information content (AvgIpc) is 2.88. The molecule has 0 atom stereocenters. The van der Waals surface area contributed by atoms with E-state index in [9.17, 15) is 9.59 Å². The van der Waals surface area contributed by atoms with Crippen molar-refractivity contribution in [3.05, 3.63) is 30.0 Å². The molecule has 0 aliphatic rings. The summed E-state index contributed by atoms with van der Waals surface area (Å²) in [4.78, 5) is 23.0. The number of rotatable bonds is 4. The predicted molar refractivity (Wildman–Crippen MR) is 74.2 cm³/mol.